The Morgan fingerprint density at radius 3 is 3.00 bits per heavy atom. The monoisotopic (exact) mass is 296 g/mol. The van der Waals surface area contributed by atoms with Crippen molar-refractivity contribution in [2.75, 3.05) is 0 Å². The molecule has 1 aliphatic rings. The van der Waals surface area contributed by atoms with Crippen LogP contribution in [0, 0.1) is 0 Å². The molecule has 0 saturated carbocycles. The summed E-state index contributed by atoms with van der Waals surface area (Å²) in [6, 6.07) is 5.17. The van der Waals surface area contributed by atoms with Gasteiger partial charge >= 0.3 is 0 Å². The third-order valence-electron chi connectivity index (χ3n) is 4.00. The summed E-state index contributed by atoms with van der Waals surface area (Å²) in [6.45, 7) is 1.88. The summed E-state index contributed by atoms with van der Waals surface area (Å²) in [5.41, 5.74) is 0.539. The molecule has 4 rings (SSSR count). The summed E-state index contributed by atoms with van der Waals surface area (Å²) in [5, 5.41) is 25.5. The third kappa shape index (κ3) is 1.49. The van der Waals surface area contributed by atoms with E-state index in [1.807, 2.05) is 13.0 Å². The summed E-state index contributed by atoms with van der Waals surface area (Å²) in [4.78, 5) is 25.1. The number of para-hydroxylation sites is 1. The highest BCUT2D eigenvalue weighted by molar-refractivity contribution is 6.11. The first-order valence-corrected chi connectivity index (χ1v) is 6.75. The zero-order valence-electron chi connectivity index (χ0n) is 11.5. The van der Waals surface area contributed by atoms with Crippen molar-refractivity contribution in [1.82, 2.24) is 25.2 Å². The van der Waals surface area contributed by atoms with Crippen LogP contribution in [0.4, 0.5) is 0 Å². The normalized spacial score (nSPS) is 16.3. The Kier molecular flexibility index (Phi) is 2.44. The molecule has 0 radical (unpaired) electrons. The van der Waals surface area contributed by atoms with Crippen LogP contribution in [0.25, 0.3) is 10.9 Å². The fourth-order valence-electron chi connectivity index (χ4n) is 3.08. The molecule has 8 nitrogen and oxygen atoms in total. The molecular formula is C14H10N5O3-. The van der Waals surface area contributed by atoms with Crippen molar-refractivity contribution in [3.8, 4) is 5.75 Å². The van der Waals surface area contributed by atoms with E-state index in [2.05, 4.69) is 20.6 Å². The maximum Gasteiger partial charge on any atom is 0.262 e. The predicted octanol–water partition coefficient (Wildman–Crippen LogP) is -0.0637. The fourth-order valence-corrected chi connectivity index (χ4v) is 3.08. The van der Waals surface area contributed by atoms with Crippen LogP contribution in [0.2, 0.25) is 0 Å². The molecule has 1 atom stereocenters. The molecule has 0 saturated heterocycles. The number of hydrogen-bond donors (Lipinski definition) is 1. The van der Waals surface area contributed by atoms with Gasteiger partial charge in [0.1, 0.15) is 0 Å². The number of carbonyl (C=O) groups is 1. The maximum absolute atomic E-state index is 12.7. The number of carbonyl (C=O) groups excluding carboxylic acids is 1. The molecule has 2 aromatic heterocycles. The number of H-pyrrole nitrogens is 1. The van der Waals surface area contributed by atoms with Crippen LogP contribution < -0.4 is 10.7 Å². The van der Waals surface area contributed by atoms with Crippen molar-refractivity contribution in [3.05, 3.63) is 45.5 Å². The molecule has 3 aromatic rings. The van der Waals surface area contributed by atoms with Gasteiger partial charge in [-0.3, -0.25) is 9.59 Å². The van der Waals surface area contributed by atoms with Crippen molar-refractivity contribution in [2.24, 2.45) is 0 Å². The molecule has 0 fully saturated rings. The van der Waals surface area contributed by atoms with Crippen LogP contribution in [-0.4, -0.2) is 31.0 Å². The minimum Gasteiger partial charge on any atom is -0.871 e. The van der Waals surface area contributed by atoms with E-state index in [-0.39, 0.29) is 11.9 Å². The number of rotatable bonds is 2. The Balaban J connectivity index is 2.11. The van der Waals surface area contributed by atoms with Crippen LogP contribution in [-0.2, 0) is 6.42 Å². The highest BCUT2D eigenvalue weighted by Crippen LogP contribution is 2.35. The lowest BCUT2D eigenvalue weighted by molar-refractivity contribution is -0.266. The van der Waals surface area contributed by atoms with Gasteiger partial charge in [-0.15, -0.1) is 10.2 Å². The van der Waals surface area contributed by atoms with Gasteiger partial charge in [-0.1, -0.05) is 23.9 Å². The molecule has 1 aliphatic heterocycles. The van der Waals surface area contributed by atoms with E-state index in [1.54, 1.807) is 12.1 Å². The Morgan fingerprint density at radius 1 is 1.45 bits per heavy atom. The van der Waals surface area contributed by atoms with Gasteiger partial charge in [0.2, 0.25) is 11.6 Å². The standard InChI is InChI=1S/C14H11N5O3/c1-6-5-7-3-2-4-8-10(7)19(6)14(22)9(11(8)20)12(21)13-15-17-18-16-13/h2-4,6,20H,5H2,1H3,(H,15,16,17,18)/p-1/t6-/m1/s1. The van der Waals surface area contributed by atoms with Crippen molar-refractivity contribution < 1.29 is 9.90 Å². The number of tetrazole rings is 1. The van der Waals surface area contributed by atoms with Gasteiger partial charge in [0.25, 0.3) is 5.56 Å². The van der Waals surface area contributed by atoms with E-state index < -0.39 is 22.7 Å². The van der Waals surface area contributed by atoms with Crippen LogP contribution in [0.3, 0.4) is 0 Å². The van der Waals surface area contributed by atoms with Crippen molar-refractivity contribution >= 4 is 16.7 Å². The van der Waals surface area contributed by atoms with Crippen LogP contribution in [0.15, 0.2) is 23.0 Å². The largest absolute Gasteiger partial charge is 0.871 e. The zero-order chi connectivity index (χ0) is 15.4. The molecule has 0 unspecified atom stereocenters. The topological polar surface area (TPSA) is 117 Å². The Bertz CT molecular complexity index is 974. The summed E-state index contributed by atoms with van der Waals surface area (Å²) >= 11 is 0. The summed E-state index contributed by atoms with van der Waals surface area (Å²) in [5.74, 6) is -1.68. The predicted molar refractivity (Wildman–Crippen MR) is 73.7 cm³/mol. The number of nitrogens with zero attached hydrogens (tertiary/aromatic N) is 4. The number of benzene rings is 1. The molecule has 0 aliphatic carbocycles. The molecule has 8 heteroatoms. The molecule has 0 spiro atoms. The first-order valence-electron chi connectivity index (χ1n) is 6.75. The number of aromatic nitrogens is 5. The molecule has 1 N–H and O–H groups in total. The quantitative estimate of drug-likeness (QED) is 0.662. The second-order valence-electron chi connectivity index (χ2n) is 5.31. The highest BCUT2D eigenvalue weighted by Gasteiger charge is 2.28. The second-order valence-corrected chi connectivity index (χ2v) is 5.31. The van der Waals surface area contributed by atoms with Gasteiger partial charge in [0.15, 0.2) is 0 Å². The first kappa shape index (κ1) is 12.7. The fraction of sp³-hybridized carbons (Fsp3) is 0.214. The first-order chi connectivity index (χ1) is 10.6. The average molecular weight is 296 g/mol. The molecule has 110 valence electrons. The highest BCUT2D eigenvalue weighted by atomic mass is 16.3. The summed E-state index contributed by atoms with van der Waals surface area (Å²) < 4.78 is 1.51. The zero-order valence-corrected chi connectivity index (χ0v) is 11.5. The van der Waals surface area contributed by atoms with E-state index in [4.69, 9.17) is 0 Å². The van der Waals surface area contributed by atoms with Gasteiger partial charge in [0.05, 0.1) is 11.1 Å². The number of pyridine rings is 1. The van der Waals surface area contributed by atoms with E-state index in [9.17, 15) is 14.7 Å². The molecule has 0 bridgehead atoms. The molecular weight excluding hydrogens is 286 g/mol. The number of ketones is 1. The van der Waals surface area contributed by atoms with Crippen molar-refractivity contribution in [2.45, 2.75) is 19.4 Å². The van der Waals surface area contributed by atoms with Crippen molar-refractivity contribution in [1.29, 1.82) is 0 Å². The molecule has 0 amide bonds. The Hall–Kier alpha value is -3.03. The number of aromatic amines is 1. The summed E-state index contributed by atoms with van der Waals surface area (Å²) in [6.07, 6.45) is 0.659. The Labute approximate surface area is 123 Å². The molecule has 1 aromatic carbocycles. The van der Waals surface area contributed by atoms with Gasteiger partial charge in [-0.05, 0) is 29.5 Å². The van der Waals surface area contributed by atoms with E-state index >= 15 is 0 Å². The third-order valence-corrected chi connectivity index (χ3v) is 4.00. The molecule has 22 heavy (non-hydrogen) atoms. The molecule has 3 heterocycles. The number of hydrogen-bond acceptors (Lipinski definition) is 6. The lowest BCUT2D eigenvalue weighted by Gasteiger charge is -2.18. The van der Waals surface area contributed by atoms with Crippen LogP contribution in [0.5, 0.6) is 5.75 Å². The van der Waals surface area contributed by atoms with Crippen molar-refractivity contribution in [3.63, 3.8) is 0 Å². The minimum atomic E-state index is -0.807. The average Bonchev–Trinajstić information content (AvgIpc) is 3.12. The van der Waals surface area contributed by atoms with E-state index in [0.717, 1.165) is 5.56 Å². The van der Waals surface area contributed by atoms with Crippen LogP contribution >= 0.6 is 0 Å². The lowest BCUT2D eigenvalue weighted by Crippen LogP contribution is -2.29. The second kappa shape index (κ2) is 4.23. The Morgan fingerprint density at radius 2 is 2.27 bits per heavy atom. The summed E-state index contributed by atoms with van der Waals surface area (Å²) in [7, 11) is 0. The van der Waals surface area contributed by atoms with Gasteiger partial charge in [0, 0.05) is 6.04 Å². The minimum absolute atomic E-state index is 0.107. The smallest absolute Gasteiger partial charge is 0.262 e. The maximum atomic E-state index is 12.7. The number of nitrogens with one attached hydrogen (secondary N) is 1. The SMILES string of the molecule is C[C@@H]1Cc2cccc3c([O-])c(C(=O)c4nn[nH]n4)c(=O)n1c23. The van der Waals surface area contributed by atoms with E-state index in [1.165, 1.54) is 4.57 Å². The van der Waals surface area contributed by atoms with E-state index in [0.29, 0.717) is 17.3 Å². The van der Waals surface area contributed by atoms with Gasteiger partial charge < -0.3 is 9.67 Å². The van der Waals surface area contributed by atoms with Crippen LogP contribution in [0.1, 0.15) is 34.7 Å². The van der Waals surface area contributed by atoms with Gasteiger partial charge in [-0.2, -0.15) is 5.21 Å². The lowest BCUT2D eigenvalue weighted by atomic mass is 10.0. The van der Waals surface area contributed by atoms with Gasteiger partial charge in [-0.25, -0.2) is 0 Å².